The second kappa shape index (κ2) is 4.83. The molecule has 0 aromatic rings. The number of hydrogen-bond acceptors (Lipinski definition) is 2. The Balaban J connectivity index is 3.46. The van der Waals surface area contributed by atoms with Crippen molar-refractivity contribution >= 4 is 11.4 Å². The van der Waals surface area contributed by atoms with Crippen LogP contribution in [0.5, 0.6) is 0 Å². The molecule has 0 aliphatic heterocycles. The molecule has 0 bridgehead atoms. The maximum atomic E-state index is 4.49. The zero-order chi connectivity index (χ0) is 14.1. The zero-order valence-electron chi connectivity index (χ0n) is 13.0. The fourth-order valence-corrected chi connectivity index (χ4v) is 2.24. The Kier molecular flexibility index (Phi) is 3.99. The van der Waals surface area contributed by atoms with Crippen molar-refractivity contribution in [2.75, 3.05) is 14.1 Å². The molecule has 1 rings (SSSR count). The fraction of sp³-hybridized carbons (Fsp3) is 0.625. The van der Waals surface area contributed by atoms with Crippen molar-refractivity contribution in [3.63, 3.8) is 0 Å². The van der Waals surface area contributed by atoms with Crippen LogP contribution in [-0.2, 0) is 0 Å². The number of rotatable bonds is 0. The summed E-state index contributed by atoms with van der Waals surface area (Å²) in [5.41, 5.74) is 4.78. The van der Waals surface area contributed by atoms with Crippen molar-refractivity contribution in [1.82, 2.24) is 0 Å². The van der Waals surface area contributed by atoms with Crippen LogP contribution in [0.2, 0.25) is 0 Å². The van der Waals surface area contributed by atoms with Crippen LogP contribution in [0, 0.1) is 10.8 Å². The molecule has 0 saturated heterocycles. The average Bonchev–Trinajstić information content (AvgIpc) is 2.24. The van der Waals surface area contributed by atoms with Crippen molar-refractivity contribution in [1.29, 1.82) is 0 Å². The van der Waals surface area contributed by atoms with E-state index in [0.29, 0.717) is 0 Å². The van der Waals surface area contributed by atoms with E-state index in [1.54, 1.807) is 0 Å². The van der Waals surface area contributed by atoms with E-state index in [1.807, 2.05) is 14.1 Å². The fourth-order valence-electron chi connectivity index (χ4n) is 2.24. The summed E-state index contributed by atoms with van der Waals surface area (Å²) in [4.78, 5) is 8.98. The van der Waals surface area contributed by atoms with Crippen molar-refractivity contribution in [3.05, 3.63) is 23.3 Å². The Hall–Kier alpha value is -1.18. The minimum Gasteiger partial charge on any atom is -0.286 e. The molecule has 2 nitrogen and oxygen atoms in total. The highest BCUT2D eigenvalue weighted by Crippen LogP contribution is 2.35. The van der Waals surface area contributed by atoms with Crippen LogP contribution in [0.4, 0.5) is 0 Å². The van der Waals surface area contributed by atoms with E-state index in [9.17, 15) is 0 Å². The molecule has 0 aromatic heterocycles. The lowest BCUT2D eigenvalue weighted by Gasteiger charge is -2.32. The quantitative estimate of drug-likeness (QED) is 0.575. The molecule has 0 N–H and O–H groups in total. The molecular weight excluding hydrogens is 220 g/mol. The van der Waals surface area contributed by atoms with Crippen LogP contribution in [0.15, 0.2) is 33.3 Å². The Morgan fingerprint density at radius 2 is 0.944 bits per heavy atom. The standard InChI is InChI=1S/C16H26N2/c1-15(2,3)11-9-10-12(16(4,5)6)14(18-8)13(11)17-7/h9-10H,1-8H3. The van der Waals surface area contributed by atoms with Gasteiger partial charge in [-0.15, -0.1) is 0 Å². The van der Waals surface area contributed by atoms with Crippen molar-refractivity contribution in [3.8, 4) is 0 Å². The van der Waals surface area contributed by atoms with Crippen molar-refractivity contribution < 1.29 is 0 Å². The van der Waals surface area contributed by atoms with Gasteiger partial charge >= 0.3 is 0 Å². The smallest absolute Gasteiger partial charge is 0.0863 e. The maximum absolute atomic E-state index is 4.49. The van der Waals surface area contributed by atoms with E-state index in [1.165, 1.54) is 11.1 Å². The number of allylic oxidation sites excluding steroid dienone is 4. The van der Waals surface area contributed by atoms with E-state index in [0.717, 1.165) is 11.4 Å². The van der Waals surface area contributed by atoms with Crippen LogP contribution in [0.3, 0.4) is 0 Å². The summed E-state index contributed by atoms with van der Waals surface area (Å²) in [6.45, 7) is 13.3. The maximum Gasteiger partial charge on any atom is 0.0863 e. The second-order valence-electron chi connectivity index (χ2n) is 6.81. The third-order valence-electron chi connectivity index (χ3n) is 3.21. The Morgan fingerprint density at radius 1 is 0.667 bits per heavy atom. The average molecular weight is 246 g/mol. The molecule has 0 aromatic carbocycles. The number of hydrogen-bond donors (Lipinski definition) is 0. The molecule has 1 aliphatic carbocycles. The van der Waals surface area contributed by atoms with Gasteiger partial charge in [-0.1, -0.05) is 53.7 Å². The van der Waals surface area contributed by atoms with Gasteiger partial charge in [0.25, 0.3) is 0 Å². The lowest BCUT2D eigenvalue weighted by Crippen LogP contribution is -2.33. The monoisotopic (exact) mass is 246 g/mol. The predicted octanol–water partition coefficient (Wildman–Crippen LogP) is 4.09. The third-order valence-corrected chi connectivity index (χ3v) is 3.21. The Morgan fingerprint density at radius 3 is 1.11 bits per heavy atom. The summed E-state index contributed by atoms with van der Waals surface area (Å²) in [5.74, 6) is 0. The highest BCUT2D eigenvalue weighted by molar-refractivity contribution is 6.54. The molecular formula is C16H26N2. The van der Waals surface area contributed by atoms with Gasteiger partial charge in [-0.2, -0.15) is 0 Å². The molecule has 0 radical (unpaired) electrons. The van der Waals surface area contributed by atoms with E-state index in [-0.39, 0.29) is 10.8 Å². The van der Waals surface area contributed by atoms with Gasteiger partial charge < -0.3 is 0 Å². The summed E-state index contributed by atoms with van der Waals surface area (Å²) in [7, 11) is 3.71. The Labute approximate surface area is 112 Å². The highest BCUT2D eigenvalue weighted by Gasteiger charge is 2.32. The minimum absolute atomic E-state index is 0.0880. The summed E-state index contributed by atoms with van der Waals surface area (Å²) in [6, 6.07) is 0. The van der Waals surface area contributed by atoms with Gasteiger partial charge in [-0.05, 0) is 22.0 Å². The minimum atomic E-state index is 0.0880. The van der Waals surface area contributed by atoms with Gasteiger partial charge in [0, 0.05) is 14.1 Å². The first-order chi connectivity index (χ1) is 8.12. The lowest BCUT2D eigenvalue weighted by atomic mass is 9.73. The predicted molar refractivity (Wildman–Crippen MR) is 81.8 cm³/mol. The van der Waals surface area contributed by atoms with E-state index < -0.39 is 0 Å². The van der Waals surface area contributed by atoms with E-state index >= 15 is 0 Å². The SMILES string of the molecule is CN=C1C(C(C)(C)C)=CC=C(C(C)(C)C)C1=NC. The van der Waals surface area contributed by atoms with Crippen LogP contribution >= 0.6 is 0 Å². The molecule has 100 valence electrons. The van der Waals surface area contributed by atoms with Gasteiger partial charge in [0.1, 0.15) is 0 Å². The summed E-state index contributed by atoms with van der Waals surface area (Å²) < 4.78 is 0. The van der Waals surface area contributed by atoms with Crippen LogP contribution in [0.1, 0.15) is 41.5 Å². The van der Waals surface area contributed by atoms with Gasteiger partial charge in [-0.25, -0.2) is 0 Å². The zero-order valence-corrected chi connectivity index (χ0v) is 13.0. The third kappa shape index (κ3) is 2.80. The largest absolute Gasteiger partial charge is 0.286 e. The first kappa shape index (κ1) is 14.9. The van der Waals surface area contributed by atoms with Gasteiger partial charge in [0.05, 0.1) is 11.4 Å². The van der Waals surface area contributed by atoms with Crippen LogP contribution in [0.25, 0.3) is 0 Å². The molecule has 0 saturated carbocycles. The topological polar surface area (TPSA) is 24.7 Å². The van der Waals surface area contributed by atoms with E-state index in [2.05, 4.69) is 63.7 Å². The number of nitrogens with zero attached hydrogens (tertiary/aromatic N) is 2. The molecule has 0 fully saturated rings. The lowest BCUT2D eigenvalue weighted by molar-refractivity contribution is 0.515. The van der Waals surface area contributed by atoms with Gasteiger partial charge in [-0.3, -0.25) is 9.98 Å². The molecule has 0 heterocycles. The highest BCUT2D eigenvalue weighted by atomic mass is 14.8. The molecule has 0 unspecified atom stereocenters. The first-order valence-corrected chi connectivity index (χ1v) is 6.50. The van der Waals surface area contributed by atoms with Crippen molar-refractivity contribution in [2.45, 2.75) is 41.5 Å². The Bertz CT molecular complexity index is 402. The molecule has 2 heteroatoms. The number of aliphatic imine (C=N–C) groups is 2. The molecule has 0 amide bonds. The molecule has 18 heavy (non-hydrogen) atoms. The normalized spacial score (nSPS) is 22.2. The molecule has 1 aliphatic rings. The molecule has 0 spiro atoms. The van der Waals surface area contributed by atoms with Crippen LogP contribution in [-0.4, -0.2) is 25.5 Å². The second-order valence-corrected chi connectivity index (χ2v) is 6.81. The summed E-state index contributed by atoms with van der Waals surface area (Å²) in [6.07, 6.45) is 4.41. The molecule has 0 atom stereocenters. The first-order valence-electron chi connectivity index (χ1n) is 6.50. The summed E-state index contributed by atoms with van der Waals surface area (Å²) >= 11 is 0. The van der Waals surface area contributed by atoms with E-state index in [4.69, 9.17) is 0 Å². The van der Waals surface area contributed by atoms with Crippen molar-refractivity contribution in [2.24, 2.45) is 20.8 Å². The van der Waals surface area contributed by atoms with Gasteiger partial charge in [0.2, 0.25) is 0 Å². The summed E-state index contributed by atoms with van der Waals surface area (Å²) in [5, 5.41) is 0. The van der Waals surface area contributed by atoms with Crippen LogP contribution < -0.4 is 0 Å². The van der Waals surface area contributed by atoms with Gasteiger partial charge in [0.15, 0.2) is 0 Å².